The van der Waals surface area contributed by atoms with Crippen LogP contribution in [0.5, 0.6) is 0 Å². The first-order valence-electron chi connectivity index (χ1n) is 9.38. The highest BCUT2D eigenvalue weighted by Gasteiger charge is 2.43. The fraction of sp³-hybridized carbons (Fsp3) is 0.273. The predicted molar refractivity (Wildman–Crippen MR) is 125 cm³/mol. The smallest absolute Gasteiger partial charge is 0.191 e. The molecular formula is C22H26IN5. The van der Waals surface area contributed by atoms with E-state index >= 15 is 0 Å². The summed E-state index contributed by atoms with van der Waals surface area (Å²) in [6.45, 7) is 1.59. The van der Waals surface area contributed by atoms with E-state index in [9.17, 15) is 0 Å². The molecule has 0 unspecified atom stereocenters. The number of hydrogen-bond acceptors (Lipinski definition) is 2. The summed E-state index contributed by atoms with van der Waals surface area (Å²) in [5, 5.41) is 11.3. The predicted octanol–water partition coefficient (Wildman–Crippen LogP) is 3.89. The number of guanidine groups is 1. The van der Waals surface area contributed by atoms with E-state index in [1.54, 1.807) is 0 Å². The Morgan fingerprint density at radius 3 is 2.36 bits per heavy atom. The van der Waals surface area contributed by atoms with E-state index in [2.05, 4.69) is 51.1 Å². The van der Waals surface area contributed by atoms with Crippen molar-refractivity contribution >= 4 is 29.9 Å². The van der Waals surface area contributed by atoms with Gasteiger partial charge in [0.05, 0.1) is 11.9 Å². The van der Waals surface area contributed by atoms with Crippen LogP contribution in [0.25, 0.3) is 5.69 Å². The SMILES string of the molecule is CN=C(NCc1cnn(-c2ccccc2)c1)NCC1(c2ccccc2)CC1.I. The number of aromatic nitrogens is 2. The fourth-order valence-corrected chi connectivity index (χ4v) is 3.34. The van der Waals surface area contributed by atoms with Gasteiger partial charge in [0.2, 0.25) is 0 Å². The van der Waals surface area contributed by atoms with E-state index < -0.39 is 0 Å². The number of rotatable bonds is 6. The molecule has 3 aromatic rings. The van der Waals surface area contributed by atoms with E-state index in [0.717, 1.165) is 23.8 Å². The van der Waals surface area contributed by atoms with Gasteiger partial charge in [-0.2, -0.15) is 5.10 Å². The number of benzene rings is 2. The fourth-order valence-electron chi connectivity index (χ4n) is 3.34. The number of hydrogen-bond donors (Lipinski definition) is 2. The van der Waals surface area contributed by atoms with E-state index in [1.165, 1.54) is 18.4 Å². The number of aliphatic imine (C=N–C) groups is 1. The normalized spacial score (nSPS) is 14.8. The lowest BCUT2D eigenvalue weighted by molar-refractivity contribution is 0.645. The highest BCUT2D eigenvalue weighted by Crippen LogP contribution is 2.47. The van der Waals surface area contributed by atoms with Crippen LogP contribution in [-0.2, 0) is 12.0 Å². The molecule has 0 radical (unpaired) electrons. The second-order valence-electron chi connectivity index (χ2n) is 7.05. The van der Waals surface area contributed by atoms with Crippen LogP contribution in [0.15, 0.2) is 78.0 Å². The zero-order valence-corrected chi connectivity index (χ0v) is 18.3. The summed E-state index contributed by atoms with van der Waals surface area (Å²) in [6, 6.07) is 20.9. The summed E-state index contributed by atoms with van der Waals surface area (Å²) in [7, 11) is 1.81. The molecule has 0 atom stereocenters. The average molecular weight is 487 g/mol. The Kier molecular flexibility index (Phi) is 6.72. The molecule has 1 fully saturated rings. The first-order chi connectivity index (χ1) is 13.3. The van der Waals surface area contributed by atoms with Crippen LogP contribution in [-0.4, -0.2) is 29.3 Å². The molecule has 0 bridgehead atoms. The summed E-state index contributed by atoms with van der Waals surface area (Å²) in [6.07, 6.45) is 6.39. The molecule has 1 heterocycles. The Bertz CT molecular complexity index is 901. The van der Waals surface area contributed by atoms with Gasteiger partial charge in [0.15, 0.2) is 5.96 Å². The van der Waals surface area contributed by atoms with Crippen LogP contribution in [0.2, 0.25) is 0 Å². The van der Waals surface area contributed by atoms with Gasteiger partial charge in [0.1, 0.15) is 0 Å². The lowest BCUT2D eigenvalue weighted by Gasteiger charge is -2.19. The van der Waals surface area contributed by atoms with Gasteiger partial charge >= 0.3 is 0 Å². The number of para-hydroxylation sites is 1. The molecule has 0 saturated heterocycles. The first kappa shape index (κ1) is 20.4. The summed E-state index contributed by atoms with van der Waals surface area (Å²) in [5.41, 5.74) is 3.85. The quantitative estimate of drug-likeness (QED) is 0.315. The van der Waals surface area contributed by atoms with E-state index in [4.69, 9.17) is 0 Å². The van der Waals surface area contributed by atoms with Gasteiger partial charge in [0.25, 0.3) is 0 Å². The molecule has 0 spiro atoms. The number of halogens is 1. The topological polar surface area (TPSA) is 54.2 Å². The minimum absolute atomic E-state index is 0. The molecule has 2 aromatic carbocycles. The van der Waals surface area contributed by atoms with Crippen LogP contribution in [0.1, 0.15) is 24.0 Å². The molecule has 1 aliphatic rings. The highest BCUT2D eigenvalue weighted by atomic mass is 127. The largest absolute Gasteiger partial charge is 0.356 e. The minimum atomic E-state index is 0. The maximum absolute atomic E-state index is 4.44. The Balaban J connectivity index is 0.00000225. The van der Waals surface area contributed by atoms with Crippen LogP contribution in [0, 0.1) is 0 Å². The van der Waals surface area contributed by atoms with E-state index in [1.807, 2.05) is 54.5 Å². The summed E-state index contributed by atoms with van der Waals surface area (Å²) in [5.74, 6) is 0.824. The van der Waals surface area contributed by atoms with Gasteiger partial charge in [-0.1, -0.05) is 48.5 Å². The Hall–Kier alpha value is -2.35. The molecule has 0 amide bonds. The van der Waals surface area contributed by atoms with Crippen molar-refractivity contribution in [2.75, 3.05) is 13.6 Å². The van der Waals surface area contributed by atoms with Crippen molar-refractivity contribution in [1.82, 2.24) is 20.4 Å². The second kappa shape index (κ2) is 9.23. The number of nitrogens with zero attached hydrogens (tertiary/aromatic N) is 3. The summed E-state index contributed by atoms with van der Waals surface area (Å²) < 4.78 is 1.89. The lowest BCUT2D eigenvalue weighted by atomic mass is 9.96. The minimum Gasteiger partial charge on any atom is -0.356 e. The van der Waals surface area contributed by atoms with Crippen LogP contribution in [0.3, 0.4) is 0 Å². The molecule has 28 heavy (non-hydrogen) atoms. The average Bonchev–Trinajstić information content (AvgIpc) is 3.38. The second-order valence-corrected chi connectivity index (χ2v) is 7.05. The molecule has 4 rings (SSSR count). The third-order valence-corrected chi connectivity index (χ3v) is 5.17. The van der Waals surface area contributed by atoms with Crippen molar-refractivity contribution in [1.29, 1.82) is 0 Å². The van der Waals surface area contributed by atoms with Crippen molar-refractivity contribution < 1.29 is 0 Å². The van der Waals surface area contributed by atoms with Gasteiger partial charge in [-0.3, -0.25) is 4.99 Å². The van der Waals surface area contributed by atoms with Gasteiger partial charge in [-0.05, 0) is 30.5 Å². The molecule has 146 valence electrons. The van der Waals surface area contributed by atoms with Gasteiger partial charge in [-0.25, -0.2) is 4.68 Å². The molecule has 1 aromatic heterocycles. The highest BCUT2D eigenvalue weighted by molar-refractivity contribution is 14.0. The standard InChI is InChI=1S/C22H25N5.HI/c1-23-21(25-17-22(12-13-22)19-8-4-2-5-9-19)24-14-18-15-26-27(16-18)20-10-6-3-7-11-20;/h2-11,15-16H,12-14,17H2,1H3,(H2,23,24,25);1H. The van der Waals surface area contributed by atoms with Crippen molar-refractivity contribution in [3.8, 4) is 5.69 Å². The van der Waals surface area contributed by atoms with Gasteiger partial charge in [0, 0.05) is 37.3 Å². The zero-order chi connectivity index (χ0) is 18.5. The molecule has 1 aliphatic carbocycles. The van der Waals surface area contributed by atoms with E-state index in [0.29, 0.717) is 6.54 Å². The number of nitrogens with one attached hydrogen (secondary N) is 2. The lowest BCUT2D eigenvalue weighted by Crippen LogP contribution is -2.40. The molecule has 5 nitrogen and oxygen atoms in total. The maximum atomic E-state index is 4.44. The third-order valence-electron chi connectivity index (χ3n) is 5.17. The van der Waals surface area contributed by atoms with Gasteiger partial charge < -0.3 is 10.6 Å². The summed E-state index contributed by atoms with van der Waals surface area (Å²) >= 11 is 0. The molecule has 6 heteroatoms. The van der Waals surface area contributed by atoms with Crippen molar-refractivity contribution in [2.45, 2.75) is 24.8 Å². The van der Waals surface area contributed by atoms with Crippen molar-refractivity contribution in [3.05, 3.63) is 84.2 Å². The molecular weight excluding hydrogens is 461 g/mol. The van der Waals surface area contributed by atoms with E-state index in [-0.39, 0.29) is 29.4 Å². The molecule has 1 saturated carbocycles. The van der Waals surface area contributed by atoms with Crippen LogP contribution >= 0.6 is 24.0 Å². The monoisotopic (exact) mass is 487 g/mol. The Labute approximate surface area is 183 Å². The van der Waals surface area contributed by atoms with Crippen molar-refractivity contribution in [2.24, 2.45) is 4.99 Å². The van der Waals surface area contributed by atoms with Crippen LogP contribution < -0.4 is 10.6 Å². The molecule has 2 N–H and O–H groups in total. The zero-order valence-electron chi connectivity index (χ0n) is 16.0. The molecule has 0 aliphatic heterocycles. The van der Waals surface area contributed by atoms with Crippen LogP contribution in [0.4, 0.5) is 0 Å². The maximum Gasteiger partial charge on any atom is 0.191 e. The van der Waals surface area contributed by atoms with Gasteiger partial charge in [-0.15, -0.1) is 24.0 Å². The van der Waals surface area contributed by atoms with Crippen molar-refractivity contribution in [3.63, 3.8) is 0 Å². The summed E-state index contributed by atoms with van der Waals surface area (Å²) in [4.78, 5) is 4.36. The Morgan fingerprint density at radius 1 is 1.04 bits per heavy atom. The Morgan fingerprint density at radius 2 is 1.71 bits per heavy atom. The third kappa shape index (κ3) is 4.73. The first-order valence-corrected chi connectivity index (χ1v) is 9.38.